The van der Waals surface area contributed by atoms with E-state index in [1.807, 2.05) is 30.5 Å². The molecule has 26 heavy (non-hydrogen) atoms. The molecule has 0 aromatic carbocycles. The van der Waals surface area contributed by atoms with Gasteiger partial charge in [0, 0.05) is 28.8 Å². The highest BCUT2D eigenvalue weighted by molar-refractivity contribution is 7.10. The topological polar surface area (TPSA) is 89.7 Å². The standard InChI is InChI=1S/C18H20N4O3S/c1-11-16(13-5-8-26-15(13)9-22(11)18(19)23)21-14-3-2-6-20-17(14)25-12-4-7-24-10-12/h2-3,5-6,8,12,21H,4,7,9-10H2,1H3,(H2,19,23). The second-order valence-corrected chi connectivity index (χ2v) is 7.23. The SMILES string of the molecule is CC1=C(Nc2cccnc2OC2CCOC2)c2ccsc2CN1C(N)=O. The van der Waals surface area contributed by atoms with Crippen LogP contribution < -0.4 is 15.8 Å². The largest absolute Gasteiger partial charge is 0.470 e. The first-order chi connectivity index (χ1) is 12.6. The highest BCUT2D eigenvalue weighted by atomic mass is 32.1. The number of anilines is 1. The van der Waals surface area contributed by atoms with Gasteiger partial charge in [-0.3, -0.25) is 4.90 Å². The van der Waals surface area contributed by atoms with Gasteiger partial charge in [0.1, 0.15) is 11.8 Å². The van der Waals surface area contributed by atoms with Gasteiger partial charge in [-0.15, -0.1) is 11.3 Å². The first-order valence-electron chi connectivity index (χ1n) is 8.44. The van der Waals surface area contributed by atoms with Crippen molar-refractivity contribution in [3.05, 3.63) is 45.9 Å². The number of aromatic nitrogens is 1. The lowest BCUT2D eigenvalue weighted by molar-refractivity contribution is 0.138. The fraction of sp³-hybridized carbons (Fsp3) is 0.333. The molecule has 1 unspecified atom stereocenters. The van der Waals surface area contributed by atoms with Gasteiger partial charge in [-0.2, -0.15) is 0 Å². The molecule has 2 aliphatic rings. The van der Waals surface area contributed by atoms with Crippen molar-refractivity contribution in [2.75, 3.05) is 18.5 Å². The minimum Gasteiger partial charge on any atom is -0.470 e. The van der Waals surface area contributed by atoms with Gasteiger partial charge in [-0.25, -0.2) is 9.78 Å². The van der Waals surface area contributed by atoms with Crippen LogP contribution in [-0.2, 0) is 11.3 Å². The average molecular weight is 372 g/mol. The predicted octanol–water partition coefficient (Wildman–Crippen LogP) is 3.01. The normalized spacial score (nSPS) is 19.4. The number of amides is 2. The number of hydrogen-bond acceptors (Lipinski definition) is 6. The lowest BCUT2D eigenvalue weighted by Gasteiger charge is -2.29. The molecular weight excluding hydrogens is 352 g/mol. The molecule has 8 heteroatoms. The molecule has 2 aromatic heterocycles. The lowest BCUT2D eigenvalue weighted by Crippen LogP contribution is -2.36. The molecule has 4 rings (SSSR count). The van der Waals surface area contributed by atoms with Crippen LogP contribution in [-0.4, -0.2) is 35.2 Å². The third kappa shape index (κ3) is 3.13. The van der Waals surface area contributed by atoms with Gasteiger partial charge in [0.05, 0.1) is 25.5 Å². The van der Waals surface area contributed by atoms with E-state index in [0.29, 0.717) is 25.6 Å². The number of hydrogen-bond donors (Lipinski definition) is 2. The third-order valence-electron chi connectivity index (χ3n) is 4.55. The number of nitrogens with two attached hydrogens (primary N) is 1. The van der Waals surface area contributed by atoms with E-state index in [4.69, 9.17) is 15.2 Å². The predicted molar refractivity (Wildman–Crippen MR) is 99.8 cm³/mol. The summed E-state index contributed by atoms with van der Waals surface area (Å²) in [6.45, 7) is 3.66. The molecule has 4 heterocycles. The Balaban J connectivity index is 1.67. The van der Waals surface area contributed by atoms with Gasteiger partial charge in [0.15, 0.2) is 0 Å². The Morgan fingerprint density at radius 2 is 2.38 bits per heavy atom. The summed E-state index contributed by atoms with van der Waals surface area (Å²) in [5.41, 5.74) is 9.00. The number of thiophene rings is 1. The molecule has 0 spiro atoms. The Bertz CT molecular complexity index is 858. The molecule has 1 fully saturated rings. The number of primary amides is 1. The average Bonchev–Trinajstić information content (AvgIpc) is 3.29. The van der Waals surface area contributed by atoms with Crippen LogP contribution in [0.3, 0.4) is 0 Å². The van der Waals surface area contributed by atoms with Gasteiger partial charge >= 0.3 is 6.03 Å². The van der Waals surface area contributed by atoms with Crippen LogP contribution in [0.5, 0.6) is 5.88 Å². The Kier molecular flexibility index (Phi) is 4.52. The molecule has 136 valence electrons. The zero-order chi connectivity index (χ0) is 18.1. The summed E-state index contributed by atoms with van der Waals surface area (Å²) in [6, 6.07) is 5.34. The summed E-state index contributed by atoms with van der Waals surface area (Å²) >= 11 is 1.61. The molecule has 0 aliphatic carbocycles. The maximum Gasteiger partial charge on any atom is 0.319 e. The molecule has 0 bridgehead atoms. The van der Waals surface area contributed by atoms with E-state index in [1.165, 1.54) is 0 Å². The number of carbonyl (C=O) groups is 1. The van der Waals surface area contributed by atoms with Crippen molar-refractivity contribution in [1.82, 2.24) is 9.88 Å². The van der Waals surface area contributed by atoms with Crippen molar-refractivity contribution < 1.29 is 14.3 Å². The number of ether oxygens (including phenoxy) is 2. The van der Waals surface area contributed by atoms with Crippen LogP contribution in [0.25, 0.3) is 5.70 Å². The molecular formula is C18H20N4O3S. The molecule has 0 radical (unpaired) electrons. The number of allylic oxidation sites excluding steroid dienone is 1. The maximum absolute atomic E-state index is 11.8. The quantitative estimate of drug-likeness (QED) is 0.861. The Morgan fingerprint density at radius 3 is 3.15 bits per heavy atom. The fourth-order valence-electron chi connectivity index (χ4n) is 3.16. The zero-order valence-electron chi connectivity index (χ0n) is 14.4. The maximum atomic E-state index is 11.8. The van der Waals surface area contributed by atoms with Crippen molar-refractivity contribution in [3.8, 4) is 5.88 Å². The molecule has 2 amide bonds. The number of nitrogens with one attached hydrogen (secondary N) is 1. The number of pyridine rings is 1. The van der Waals surface area contributed by atoms with Crippen LogP contribution in [0.2, 0.25) is 0 Å². The van der Waals surface area contributed by atoms with Crippen LogP contribution in [0, 0.1) is 0 Å². The van der Waals surface area contributed by atoms with Crippen LogP contribution in [0.15, 0.2) is 35.5 Å². The van der Waals surface area contributed by atoms with Crippen LogP contribution in [0.4, 0.5) is 10.5 Å². The van der Waals surface area contributed by atoms with Gasteiger partial charge in [-0.05, 0) is 30.5 Å². The number of carbonyl (C=O) groups excluding carboxylic acids is 1. The summed E-state index contributed by atoms with van der Waals surface area (Å²) < 4.78 is 11.4. The summed E-state index contributed by atoms with van der Waals surface area (Å²) in [6.07, 6.45) is 2.55. The van der Waals surface area contributed by atoms with Gasteiger partial charge in [0.25, 0.3) is 0 Å². The Morgan fingerprint density at radius 1 is 1.50 bits per heavy atom. The van der Waals surface area contributed by atoms with E-state index in [0.717, 1.165) is 33.9 Å². The van der Waals surface area contributed by atoms with E-state index < -0.39 is 6.03 Å². The zero-order valence-corrected chi connectivity index (χ0v) is 15.2. The van der Waals surface area contributed by atoms with Crippen LogP contribution in [0.1, 0.15) is 23.8 Å². The summed E-state index contributed by atoms with van der Waals surface area (Å²) in [5.74, 6) is 0.524. The molecule has 1 saturated heterocycles. The van der Waals surface area contributed by atoms with Crippen molar-refractivity contribution >= 4 is 28.8 Å². The summed E-state index contributed by atoms with van der Waals surface area (Å²) in [5, 5.41) is 5.42. The van der Waals surface area contributed by atoms with E-state index in [-0.39, 0.29) is 6.10 Å². The van der Waals surface area contributed by atoms with Crippen molar-refractivity contribution in [3.63, 3.8) is 0 Å². The smallest absolute Gasteiger partial charge is 0.319 e. The number of urea groups is 1. The molecule has 2 aromatic rings. The Labute approximate surface area is 155 Å². The lowest BCUT2D eigenvalue weighted by atomic mass is 10.1. The number of rotatable bonds is 4. The van der Waals surface area contributed by atoms with Gasteiger partial charge < -0.3 is 20.5 Å². The first kappa shape index (κ1) is 16.9. The summed E-state index contributed by atoms with van der Waals surface area (Å²) in [4.78, 5) is 18.9. The molecule has 3 N–H and O–H groups in total. The van der Waals surface area contributed by atoms with E-state index >= 15 is 0 Å². The van der Waals surface area contributed by atoms with Crippen molar-refractivity contribution in [1.29, 1.82) is 0 Å². The van der Waals surface area contributed by atoms with E-state index in [2.05, 4.69) is 10.3 Å². The highest BCUT2D eigenvalue weighted by Gasteiger charge is 2.27. The van der Waals surface area contributed by atoms with Gasteiger partial charge in [0.2, 0.25) is 5.88 Å². The van der Waals surface area contributed by atoms with E-state index in [9.17, 15) is 4.79 Å². The highest BCUT2D eigenvalue weighted by Crippen LogP contribution is 2.37. The van der Waals surface area contributed by atoms with E-state index in [1.54, 1.807) is 22.4 Å². The molecule has 2 aliphatic heterocycles. The van der Waals surface area contributed by atoms with Crippen LogP contribution >= 0.6 is 11.3 Å². The third-order valence-corrected chi connectivity index (χ3v) is 5.45. The minimum absolute atomic E-state index is 0.00529. The summed E-state index contributed by atoms with van der Waals surface area (Å²) in [7, 11) is 0. The van der Waals surface area contributed by atoms with Crippen molar-refractivity contribution in [2.24, 2.45) is 5.73 Å². The first-order valence-corrected chi connectivity index (χ1v) is 9.32. The molecule has 7 nitrogen and oxygen atoms in total. The second kappa shape index (κ2) is 6.97. The fourth-order valence-corrected chi connectivity index (χ4v) is 4.03. The molecule has 0 saturated carbocycles. The van der Waals surface area contributed by atoms with Gasteiger partial charge in [-0.1, -0.05) is 0 Å². The van der Waals surface area contributed by atoms with Crippen molar-refractivity contribution in [2.45, 2.75) is 26.0 Å². The molecule has 1 atom stereocenters. The minimum atomic E-state index is -0.466. The number of nitrogens with zero attached hydrogens (tertiary/aromatic N) is 2. The number of fused-ring (bicyclic) bond motifs is 1. The Hall–Kier alpha value is -2.58. The second-order valence-electron chi connectivity index (χ2n) is 6.23. The monoisotopic (exact) mass is 372 g/mol.